The average molecular weight is 366 g/mol. The molecule has 0 radical (unpaired) electrons. The van der Waals surface area contributed by atoms with Crippen molar-refractivity contribution in [1.29, 1.82) is 0 Å². The largest absolute Gasteiger partial charge is 0.354 e. The number of nitrogens with zero attached hydrogens (tertiary/aromatic N) is 1. The minimum Gasteiger partial charge on any atom is -0.354 e. The summed E-state index contributed by atoms with van der Waals surface area (Å²) in [5, 5.41) is 6.46. The van der Waals surface area contributed by atoms with E-state index in [0.717, 1.165) is 38.9 Å². The van der Waals surface area contributed by atoms with Gasteiger partial charge in [0.05, 0.1) is 6.04 Å². The number of amides is 1. The van der Waals surface area contributed by atoms with Gasteiger partial charge in [0.15, 0.2) is 0 Å². The molecule has 0 spiro atoms. The van der Waals surface area contributed by atoms with Gasteiger partial charge in [-0.25, -0.2) is 0 Å². The summed E-state index contributed by atoms with van der Waals surface area (Å²) in [6.07, 6.45) is 5.68. The van der Waals surface area contributed by atoms with E-state index in [2.05, 4.69) is 52.8 Å². The fourth-order valence-corrected chi connectivity index (χ4v) is 4.20. The first-order valence-electron chi connectivity index (χ1n) is 9.58. The summed E-state index contributed by atoms with van der Waals surface area (Å²) in [6, 6.07) is 11.4. The van der Waals surface area contributed by atoms with E-state index in [4.69, 9.17) is 0 Å². The van der Waals surface area contributed by atoms with Crippen LogP contribution in [0.15, 0.2) is 30.3 Å². The third-order valence-corrected chi connectivity index (χ3v) is 5.50. The molecule has 1 aromatic rings. The van der Waals surface area contributed by atoms with Crippen molar-refractivity contribution in [2.45, 2.75) is 51.1 Å². The van der Waals surface area contributed by atoms with Gasteiger partial charge in [-0.3, -0.25) is 9.69 Å². The fraction of sp³-hybridized carbons (Fsp3) is 0.650. The summed E-state index contributed by atoms with van der Waals surface area (Å²) in [6.45, 7) is 6.33. The second kappa shape index (κ2) is 10.1. The first-order valence-corrected chi connectivity index (χ1v) is 9.58. The van der Waals surface area contributed by atoms with Crippen molar-refractivity contribution in [3.8, 4) is 0 Å². The van der Waals surface area contributed by atoms with Crippen LogP contribution in [0.1, 0.15) is 50.6 Å². The first kappa shape index (κ1) is 20.2. The number of carbonyl (C=O) groups excluding carboxylic acids is 1. The Bertz CT molecular complexity index is 519. The zero-order valence-electron chi connectivity index (χ0n) is 15.2. The highest BCUT2D eigenvalue weighted by Crippen LogP contribution is 2.29. The average Bonchev–Trinajstić information content (AvgIpc) is 3.16. The summed E-state index contributed by atoms with van der Waals surface area (Å²) < 4.78 is 0. The molecule has 0 bridgehead atoms. The molecule has 3 rings (SSSR count). The smallest absolute Gasteiger partial charge is 0.237 e. The third-order valence-electron chi connectivity index (χ3n) is 5.50. The van der Waals surface area contributed by atoms with Crippen molar-refractivity contribution in [1.82, 2.24) is 15.5 Å². The van der Waals surface area contributed by atoms with Gasteiger partial charge in [-0.15, -0.1) is 12.4 Å². The SMILES string of the molecule is CCC(c1ccccc1)N1CCCC(CNC(=O)C2CCCN2)C1.Cl. The van der Waals surface area contributed by atoms with Crippen LogP contribution in [0.3, 0.4) is 0 Å². The molecule has 1 amide bonds. The van der Waals surface area contributed by atoms with Crippen molar-refractivity contribution >= 4 is 18.3 Å². The van der Waals surface area contributed by atoms with E-state index in [1.165, 1.54) is 24.9 Å². The van der Waals surface area contributed by atoms with Crippen LogP contribution in [-0.2, 0) is 4.79 Å². The van der Waals surface area contributed by atoms with Crippen LogP contribution in [-0.4, -0.2) is 43.0 Å². The number of halogens is 1. The zero-order chi connectivity index (χ0) is 16.8. The number of piperidine rings is 1. The van der Waals surface area contributed by atoms with Crippen molar-refractivity contribution < 1.29 is 4.79 Å². The summed E-state index contributed by atoms with van der Waals surface area (Å²) in [5.41, 5.74) is 1.42. The number of hydrogen-bond acceptors (Lipinski definition) is 3. The number of likely N-dealkylation sites (tertiary alicyclic amines) is 1. The molecule has 25 heavy (non-hydrogen) atoms. The molecule has 5 heteroatoms. The zero-order valence-corrected chi connectivity index (χ0v) is 16.1. The monoisotopic (exact) mass is 365 g/mol. The number of hydrogen-bond donors (Lipinski definition) is 2. The Labute approximate surface area is 158 Å². The van der Waals surface area contributed by atoms with Gasteiger partial charge in [0, 0.05) is 19.1 Å². The second-order valence-corrected chi connectivity index (χ2v) is 7.23. The molecule has 0 aromatic heterocycles. The van der Waals surface area contributed by atoms with Crippen molar-refractivity contribution in [3.63, 3.8) is 0 Å². The molecular weight excluding hydrogens is 334 g/mol. The predicted molar refractivity (Wildman–Crippen MR) is 105 cm³/mol. The number of carbonyl (C=O) groups is 1. The summed E-state index contributed by atoms with van der Waals surface area (Å²) in [5.74, 6) is 0.765. The molecule has 0 aliphatic carbocycles. The van der Waals surface area contributed by atoms with E-state index >= 15 is 0 Å². The lowest BCUT2D eigenvalue weighted by Crippen LogP contribution is -2.46. The molecule has 3 atom stereocenters. The predicted octanol–water partition coefficient (Wildman–Crippen LogP) is 3.14. The Kier molecular flexibility index (Phi) is 8.20. The molecule has 4 nitrogen and oxygen atoms in total. The molecule has 2 N–H and O–H groups in total. The Morgan fingerprint density at radius 3 is 2.76 bits per heavy atom. The second-order valence-electron chi connectivity index (χ2n) is 7.23. The lowest BCUT2D eigenvalue weighted by Gasteiger charge is -2.38. The van der Waals surface area contributed by atoms with E-state index in [1.807, 2.05) is 0 Å². The lowest BCUT2D eigenvalue weighted by molar-refractivity contribution is -0.123. The molecule has 2 saturated heterocycles. The first-order chi connectivity index (χ1) is 11.8. The maximum absolute atomic E-state index is 12.2. The highest BCUT2D eigenvalue weighted by molar-refractivity contribution is 5.85. The van der Waals surface area contributed by atoms with Gasteiger partial charge in [-0.05, 0) is 56.7 Å². The Hall–Kier alpha value is -1.10. The lowest BCUT2D eigenvalue weighted by atomic mass is 9.93. The van der Waals surface area contributed by atoms with Crippen LogP contribution in [0.5, 0.6) is 0 Å². The fourth-order valence-electron chi connectivity index (χ4n) is 4.20. The number of benzene rings is 1. The van der Waals surface area contributed by atoms with Crippen LogP contribution >= 0.6 is 12.4 Å². The third kappa shape index (κ3) is 5.44. The van der Waals surface area contributed by atoms with Gasteiger partial charge in [0.25, 0.3) is 0 Å². The number of rotatable bonds is 6. The van der Waals surface area contributed by atoms with Crippen LogP contribution in [0.4, 0.5) is 0 Å². The van der Waals surface area contributed by atoms with E-state index in [9.17, 15) is 4.79 Å². The van der Waals surface area contributed by atoms with Crippen LogP contribution in [0, 0.1) is 5.92 Å². The van der Waals surface area contributed by atoms with Gasteiger partial charge in [0.2, 0.25) is 5.91 Å². The van der Waals surface area contributed by atoms with E-state index < -0.39 is 0 Å². The van der Waals surface area contributed by atoms with Gasteiger partial charge in [-0.1, -0.05) is 37.3 Å². The maximum atomic E-state index is 12.2. The Balaban J connectivity index is 0.00000225. The van der Waals surface area contributed by atoms with Crippen LogP contribution < -0.4 is 10.6 Å². The molecular formula is C20H32ClN3O. The van der Waals surface area contributed by atoms with Gasteiger partial charge >= 0.3 is 0 Å². The van der Waals surface area contributed by atoms with Gasteiger partial charge < -0.3 is 10.6 Å². The van der Waals surface area contributed by atoms with E-state index in [0.29, 0.717) is 12.0 Å². The van der Waals surface area contributed by atoms with Gasteiger partial charge in [-0.2, -0.15) is 0 Å². The summed E-state index contributed by atoms with van der Waals surface area (Å²) in [4.78, 5) is 14.8. The number of nitrogens with one attached hydrogen (secondary N) is 2. The standard InChI is InChI=1S/C20H31N3O.ClH/c1-2-19(17-9-4-3-5-10-17)23-13-7-8-16(15-23)14-22-20(24)18-11-6-12-21-18;/h3-5,9-10,16,18-19,21H,2,6-8,11-15H2,1H3,(H,22,24);1H. The normalized spacial score (nSPS) is 25.2. The van der Waals surface area contributed by atoms with E-state index in [-0.39, 0.29) is 24.4 Å². The highest BCUT2D eigenvalue weighted by atomic mass is 35.5. The molecule has 2 aliphatic heterocycles. The topological polar surface area (TPSA) is 44.4 Å². The van der Waals surface area contributed by atoms with Crippen LogP contribution in [0.2, 0.25) is 0 Å². The molecule has 0 saturated carbocycles. The Morgan fingerprint density at radius 1 is 1.28 bits per heavy atom. The summed E-state index contributed by atoms with van der Waals surface area (Å²) >= 11 is 0. The molecule has 2 fully saturated rings. The van der Waals surface area contributed by atoms with Gasteiger partial charge in [0.1, 0.15) is 0 Å². The molecule has 1 aromatic carbocycles. The van der Waals surface area contributed by atoms with Crippen molar-refractivity contribution in [2.75, 3.05) is 26.2 Å². The highest BCUT2D eigenvalue weighted by Gasteiger charge is 2.27. The molecule has 2 heterocycles. The van der Waals surface area contributed by atoms with Crippen LogP contribution in [0.25, 0.3) is 0 Å². The molecule has 2 aliphatic rings. The van der Waals surface area contributed by atoms with Crippen molar-refractivity contribution in [2.24, 2.45) is 5.92 Å². The quantitative estimate of drug-likeness (QED) is 0.814. The van der Waals surface area contributed by atoms with E-state index in [1.54, 1.807) is 0 Å². The Morgan fingerprint density at radius 2 is 2.08 bits per heavy atom. The minimum atomic E-state index is 0. The molecule has 3 unspecified atom stereocenters. The molecule has 140 valence electrons. The van der Waals surface area contributed by atoms with Crippen molar-refractivity contribution in [3.05, 3.63) is 35.9 Å². The summed E-state index contributed by atoms with van der Waals surface area (Å²) in [7, 11) is 0. The maximum Gasteiger partial charge on any atom is 0.237 e. The minimum absolute atomic E-state index is 0.